The fourth-order valence-electron chi connectivity index (χ4n) is 5.41. The van der Waals surface area contributed by atoms with Crippen LogP contribution in [0.1, 0.15) is 52.7 Å². The Bertz CT molecular complexity index is 2060. The smallest absolute Gasteiger partial charge is 0.408 e. The molecule has 0 unspecified atom stereocenters. The molecule has 1 aromatic heterocycles. The summed E-state index contributed by atoms with van der Waals surface area (Å²) in [6.45, 7) is 9.72. The Labute approximate surface area is 318 Å². The van der Waals surface area contributed by atoms with E-state index in [0.29, 0.717) is 0 Å². The van der Waals surface area contributed by atoms with Crippen LogP contribution in [0.3, 0.4) is 0 Å². The number of benzene rings is 3. The standard InChI is InChI=1S/C39H48N4O9S2/c1-28(2)25-43(26-37(51-29(3)44)34(22-30-14-9-7-10-15-30)41-38(45)52-39(4,5)6)54(48,49)32-19-20-36(50-27-31-16-11-8-12-17-31)35(23-32)42-53(46,47)33-18-13-21-40-24-33/h7-21,23-24,28,34,37,42H,22,25-27H2,1-6H3,(H,41,45)/t34-,37+/m0/s1. The normalized spacial score (nSPS) is 13.2. The monoisotopic (exact) mass is 780 g/mol. The minimum absolute atomic E-state index is 0.00635. The number of esters is 1. The van der Waals surface area contributed by atoms with Gasteiger partial charge in [-0.15, -0.1) is 0 Å². The van der Waals surface area contributed by atoms with Crippen LogP contribution in [0, 0.1) is 5.92 Å². The van der Waals surface area contributed by atoms with Gasteiger partial charge >= 0.3 is 12.1 Å². The first-order chi connectivity index (χ1) is 25.4. The largest absolute Gasteiger partial charge is 0.487 e. The number of hydrogen-bond acceptors (Lipinski definition) is 10. The number of anilines is 1. The molecule has 3 aromatic carbocycles. The van der Waals surface area contributed by atoms with Gasteiger partial charge in [0.2, 0.25) is 10.0 Å². The Kier molecular flexibility index (Phi) is 14.2. The molecule has 1 heterocycles. The number of sulfonamides is 2. The average molecular weight is 781 g/mol. The lowest BCUT2D eigenvalue weighted by atomic mass is 10.0. The van der Waals surface area contributed by atoms with E-state index in [9.17, 15) is 26.4 Å². The van der Waals surface area contributed by atoms with Crippen molar-refractivity contribution < 1.29 is 40.6 Å². The van der Waals surface area contributed by atoms with Crippen LogP contribution in [0.2, 0.25) is 0 Å². The van der Waals surface area contributed by atoms with Crippen molar-refractivity contribution in [2.75, 3.05) is 17.8 Å². The van der Waals surface area contributed by atoms with Gasteiger partial charge in [-0.1, -0.05) is 74.5 Å². The van der Waals surface area contributed by atoms with Crippen molar-refractivity contribution in [2.24, 2.45) is 5.92 Å². The molecule has 0 aliphatic carbocycles. The van der Waals surface area contributed by atoms with Gasteiger partial charge in [-0.2, -0.15) is 4.31 Å². The van der Waals surface area contributed by atoms with E-state index in [-0.39, 0.29) is 53.3 Å². The van der Waals surface area contributed by atoms with Gasteiger partial charge in [-0.25, -0.2) is 21.6 Å². The summed E-state index contributed by atoms with van der Waals surface area (Å²) >= 11 is 0. The SMILES string of the molecule is CC(=O)O[C@H](CN(CC(C)C)S(=O)(=O)c1ccc(OCc2ccccc2)c(NS(=O)(=O)c2cccnc2)c1)[C@H](Cc1ccccc1)NC(=O)OC(C)(C)C. The maximum Gasteiger partial charge on any atom is 0.408 e. The summed E-state index contributed by atoms with van der Waals surface area (Å²) in [5, 5.41) is 2.80. The molecule has 0 aliphatic heterocycles. The molecular formula is C39H48N4O9S2. The van der Waals surface area contributed by atoms with E-state index in [2.05, 4.69) is 15.0 Å². The molecular weight excluding hydrogens is 733 g/mol. The second kappa shape index (κ2) is 18.4. The highest BCUT2D eigenvalue weighted by atomic mass is 32.2. The van der Waals surface area contributed by atoms with Gasteiger partial charge in [-0.3, -0.25) is 14.5 Å². The zero-order valence-corrected chi connectivity index (χ0v) is 32.9. The molecule has 2 atom stereocenters. The Morgan fingerprint density at radius 2 is 1.48 bits per heavy atom. The number of rotatable bonds is 17. The van der Waals surface area contributed by atoms with E-state index in [1.165, 1.54) is 54.0 Å². The number of carbonyl (C=O) groups is 2. The molecule has 15 heteroatoms. The van der Waals surface area contributed by atoms with E-state index in [0.717, 1.165) is 11.1 Å². The summed E-state index contributed by atoms with van der Waals surface area (Å²) in [6, 6.07) is 24.2. The lowest BCUT2D eigenvalue weighted by molar-refractivity contribution is -0.148. The van der Waals surface area contributed by atoms with Gasteiger partial charge in [0, 0.05) is 25.9 Å². The summed E-state index contributed by atoms with van der Waals surface area (Å²) in [6.07, 6.45) is 0.850. The van der Waals surface area contributed by atoms with Crippen molar-refractivity contribution in [3.05, 3.63) is 115 Å². The summed E-state index contributed by atoms with van der Waals surface area (Å²) < 4.78 is 77.0. The minimum Gasteiger partial charge on any atom is -0.487 e. The Morgan fingerprint density at radius 1 is 0.833 bits per heavy atom. The molecule has 0 bridgehead atoms. The van der Waals surface area contributed by atoms with Crippen molar-refractivity contribution in [1.82, 2.24) is 14.6 Å². The predicted molar refractivity (Wildman–Crippen MR) is 205 cm³/mol. The number of hydrogen-bond donors (Lipinski definition) is 2. The molecule has 4 aromatic rings. The van der Waals surface area contributed by atoms with Gasteiger partial charge in [0.25, 0.3) is 10.0 Å². The van der Waals surface area contributed by atoms with Crippen molar-refractivity contribution in [3.8, 4) is 5.75 Å². The molecule has 290 valence electrons. The van der Waals surface area contributed by atoms with Gasteiger partial charge in [-0.05, 0) is 74.6 Å². The van der Waals surface area contributed by atoms with E-state index in [1.807, 2.05) is 74.5 Å². The lowest BCUT2D eigenvalue weighted by Gasteiger charge is -2.33. The molecule has 13 nitrogen and oxygen atoms in total. The fraction of sp³-hybridized carbons (Fsp3) is 0.359. The summed E-state index contributed by atoms with van der Waals surface area (Å²) in [7, 11) is -8.65. The number of amides is 1. The average Bonchev–Trinajstić information content (AvgIpc) is 3.10. The van der Waals surface area contributed by atoms with Crippen LogP contribution >= 0.6 is 0 Å². The first-order valence-corrected chi connectivity index (χ1v) is 20.3. The van der Waals surface area contributed by atoms with E-state index >= 15 is 0 Å². The number of aromatic nitrogens is 1. The van der Waals surface area contributed by atoms with Crippen molar-refractivity contribution in [3.63, 3.8) is 0 Å². The molecule has 1 amide bonds. The minimum atomic E-state index is -4.42. The molecule has 0 radical (unpaired) electrons. The first-order valence-electron chi connectivity index (χ1n) is 17.4. The highest BCUT2D eigenvalue weighted by Gasteiger charge is 2.35. The molecule has 2 N–H and O–H groups in total. The Balaban J connectivity index is 1.76. The quantitative estimate of drug-likeness (QED) is 0.118. The van der Waals surface area contributed by atoms with Gasteiger partial charge < -0.3 is 19.5 Å². The number of carbonyl (C=O) groups excluding carboxylic acids is 2. The zero-order valence-electron chi connectivity index (χ0n) is 31.3. The third-order valence-corrected chi connectivity index (χ3v) is 10.9. The van der Waals surface area contributed by atoms with Gasteiger partial charge in [0.05, 0.1) is 23.2 Å². The topological polar surface area (TPSA) is 170 Å². The Morgan fingerprint density at radius 3 is 2.06 bits per heavy atom. The van der Waals surface area contributed by atoms with E-state index < -0.39 is 49.9 Å². The number of pyridine rings is 1. The molecule has 0 saturated heterocycles. The maximum atomic E-state index is 14.6. The number of ether oxygens (including phenoxy) is 3. The highest BCUT2D eigenvalue weighted by Crippen LogP contribution is 2.32. The molecule has 0 fully saturated rings. The fourth-order valence-corrected chi connectivity index (χ4v) is 8.08. The van der Waals surface area contributed by atoms with Crippen molar-refractivity contribution in [1.29, 1.82) is 0 Å². The highest BCUT2D eigenvalue weighted by molar-refractivity contribution is 7.92. The molecule has 4 rings (SSSR count). The van der Waals surface area contributed by atoms with E-state index in [1.54, 1.807) is 20.8 Å². The van der Waals surface area contributed by atoms with E-state index in [4.69, 9.17) is 14.2 Å². The second-order valence-electron chi connectivity index (χ2n) is 14.0. The number of nitrogens with one attached hydrogen (secondary N) is 2. The number of nitrogens with zero attached hydrogens (tertiary/aromatic N) is 2. The predicted octanol–water partition coefficient (Wildman–Crippen LogP) is 6.18. The third kappa shape index (κ3) is 12.6. The van der Waals surface area contributed by atoms with Crippen LogP contribution in [-0.2, 0) is 47.3 Å². The summed E-state index contributed by atoms with van der Waals surface area (Å²) in [5.41, 5.74) is 0.648. The van der Waals surface area contributed by atoms with Gasteiger partial charge in [0.1, 0.15) is 29.0 Å². The third-order valence-electron chi connectivity index (χ3n) is 7.73. The van der Waals surface area contributed by atoms with Crippen LogP contribution < -0.4 is 14.8 Å². The summed E-state index contributed by atoms with van der Waals surface area (Å²) in [4.78, 5) is 29.1. The Hall–Kier alpha value is -4.99. The van der Waals surface area contributed by atoms with Crippen molar-refractivity contribution >= 4 is 37.8 Å². The van der Waals surface area contributed by atoms with Crippen LogP contribution in [0.15, 0.2) is 113 Å². The first kappa shape index (κ1) is 41.8. The van der Waals surface area contributed by atoms with Crippen LogP contribution in [0.5, 0.6) is 5.75 Å². The molecule has 0 spiro atoms. The summed E-state index contributed by atoms with van der Waals surface area (Å²) in [5.74, 6) is -0.790. The molecule has 0 saturated carbocycles. The zero-order chi connectivity index (χ0) is 39.5. The molecule has 54 heavy (non-hydrogen) atoms. The number of alkyl carbamates (subject to hydrolysis) is 1. The van der Waals surface area contributed by atoms with Crippen molar-refractivity contribution in [2.45, 2.75) is 82.1 Å². The van der Waals surface area contributed by atoms with Gasteiger partial charge in [0.15, 0.2) is 0 Å². The lowest BCUT2D eigenvalue weighted by Crippen LogP contribution is -2.53. The van der Waals surface area contributed by atoms with Crippen LogP contribution in [0.4, 0.5) is 10.5 Å². The second-order valence-corrected chi connectivity index (χ2v) is 17.7. The van der Waals surface area contributed by atoms with Crippen LogP contribution in [-0.4, -0.2) is 69.0 Å². The molecule has 0 aliphatic rings. The maximum absolute atomic E-state index is 14.6. The van der Waals surface area contributed by atoms with Crippen LogP contribution in [0.25, 0.3) is 0 Å².